The van der Waals surface area contributed by atoms with Crippen molar-refractivity contribution in [3.8, 4) is 11.3 Å². The molecule has 0 aliphatic heterocycles. The normalized spacial score (nSPS) is 12.4. The number of furan rings is 1. The van der Waals surface area contributed by atoms with E-state index >= 15 is 0 Å². The van der Waals surface area contributed by atoms with E-state index in [1.54, 1.807) is 6.33 Å². The monoisotopic (exact) mass is 402 g/mol. The van der Waals surface area contributed by atoms with Crippen molar-refractivity contribution in [3.63, 3.8) is 0 Å². The summed E-state index contributed by atoms with van der Waals surface area (Å²) in [6.07, 6.45) is 1.65. The second kappa shape index (κ2) is 6.39. The van der Waals surface area contributed by atoms with Crippen LogP contribution in [0.3, 0.4) is 0 Å². The summed E-state index contributed by atoms with van der Waals surface area (Å²) in [5, 5.41) is 5.87. The van der Waals surface area contributed by atoms with Gasteiger partial charge in [-0.25, -0.2) is 9.97 Å². The smallest absolute Gasteiger partial charge is 0.180 e. The van der Waals surface area contributed by atoms with E-state index in [0.717, 1.165) is 33.3 Å². The average Bonchev–Trinajstić information content (AvgIpc) is 3.16. The van der Waals surface area contributed by atoms with Crippen molar-refractivity contribution in [2.75, 3.05) is 0 Å². The Kier molecular flexibility index (Phi) is 3.73. The Balaban J connectivity index is 1.71. The summed E-state index contributed by atoms with van der Waals surface area (Å²) in [7, 11) is 0. The van der Waals surface area contributed by atoms with E-state index in [1.165, 1.54) is 27.1 Å². The van der Waals surface area contributed by atoms with Crippen LogP contribution >= 0.6 is 0 Å². The zero-order chi connectivity index (χ0) is 21.2. The summed E-state index contributed by atoms with van der Waals surface area (Å²) in [5.74, 6) is 0. The molecule has 6 aromatic rings. The quantitative estimate of drug-likeness (QED) is 0.283. The van der Waals surface area contributed by atoms with Crippen LogP contribution in [-0.2, 0) is 5.41 Å². The molecule has 0 saturated heterocycles. The fraction of sp³-hybridized carbons (Fsp3) is 0.143. The molecular formula is C28H22N2O. The molecule has 3 nitrogen and oxygen atoms in total. The minimum absolute atomic E-state index is 0.000375. The molecule has 31 heavy (non-hydrogen) atoms. The SMILES string of the molecule is CC(C)(C)c1cc2oc3c(-c4ccc5ccccc5c4)ncnc3c2c2ccccc12. The van der Waals surface area contributed by atoms with Crippen molar-refractivity contribution in [3.05, 3.63) is 84.7 Å². The first kappa shape index (κ1) is 18.1. The van der Waals surface area contributed by atoms with Gasteiger partial charge in [0.15, 0.2) is 5.58 Å². The summed E-state index contributed by atoms with van der Waals surface area (Å²) < 4.78 is 6.47. The first-order valence-corrected chi connectivity index (χ1v) is 10.6. The summed E-state index contributed by atoms with van der Waals surface area (Å²) >= 11 is 0. The van der Waals surface area contributed by atoms with Crippen LogP contribution in [0.25, 0.3) is 54.9 Å². The Hall–Kier alpha value is -3.72. The summed E-state index contributed by atoms with van der Waals surface area (Å²) in [6, 6.07) is 25.5. The lowest BCUT2D eigenvalue weighted by atomic mass is 9.83. The molecule has 3 heteroatoms. The number of aromatic nitrogens is 2. The molecule has 0 atom stereocenters. The summed E-state index contributed by atoms with van der Waals surface area (Å²) in [5.41, 5.74) is 5.60. The Morgan fingerprint density at radius 3 is 2.29 bits per heavy atom. The van der Waals surface area contributed by atoms with Crippen LogP contribution < -0.4 is 0 Å². The highest BCUT2D eigenvalue weighted by atomic mass is 16.3. The third-order valence-electron chi connectivity index (χ3n) is 6.09. The lowest BCUT2D eigenvalue weighted by Crippen LogP contribution is -2.11. The van der Waals surface area contributed by atoms with Gasteiger partial charge >= 0.3 is 0 Å². The molecule has 150 valence electrons. The number of hydrogen-bond acceptors (Lipinski definition) is 3. The third-order valence-corrected chi connectivity index (χ3v) is 6.09. The van der Waals surface area contributed by atoms with Gasteiger partial charge in [0, 0.05) is 5.56 Å². The van der Waals surface area contributed by atoms with E-state index in [4.69, 9.17) is 4.42 Å². The van der Waals surface area contributed by atoms with Gasteiger partial charge in [0.2, 0.25) is 0 Å². The zero-order valence-electron chi connectivity index (χ0n) is 17.8. The number of nitrogens with zero attached hydrogens (tertiary/aromatic N) is 2. The van der Waals surface area contributed by atoms with Crippen LogP contribution in [0.2, 0.25) is 0 Å². The van der Waals surface area contributed by atoms with Crippen LogP contribution in [0.4, 0.5) is 0 Å². The molecule has 0 aliphatic carbocycles. The maximum atomic E-state index is 6.47. The number of hydrogen-bond donors (Lipinski definition) is 0. The van der Waals surface area contributed by atoms with Crippen LogP contribution in [-0.4, -0.2) is 9.97 Å². The highest BCUT2D eigenvalue weighted by Crippen LogP contribution is 2.41. The predicted octanol–water partition coefficient (Wildman–Crippen LogP) is 7.65. The summed E-state index contributed by atoms with van der Waals surface area (Å²) in [4.78, 5) is 9.28. The molecule has 0 radical (unpaired) electrons. The Morgan fingerprint density at radius 1 is 0.742 bits per heavy atom. The van der Waals surface area contributed by atoms with Gasteiger partial charge in [0.25, 0.3) is 0 Å². The van der Waals surface area contributed by atoms with Crippen molar-refractivity contribution in [2.24, 2.45) is 0 Å². The minimum Gasteiger partial charge on any atom is -0.452 e. The maximum absolute atomic E-state index is 6.47. The molecular weight excluding hydrogens is 380 g/mol. The lowest BCUT2D eigenvalue weighted by molar-refractivity contribution is 0.593. The maximum Gasteiger partial charge on any atom is 0.180 e. The highest BCUT2D eigenvalue weighted by Gasteiger charge is 2.23. The molecule has 0 aliphatic rings. The molecule has 0 fully saturated rings. The van der Waals surface area contributed by atoms with Gasteiger partial charge in [-0.3, -0.25) is 0 Å². The van der Waals surface area contributed by atoms with E-state index in [1.807, 2.05) is 0 Å². The van der Waals surface area contributed by atoms with Crippen molar-refractivity contribution >= 4 is 43.6 Å². The van der Waals surface area contributed by atoms with Crippen LogP contribution in [0.15, 0.2) is 83.5 Å². The van der Waals surface area contributed by atoms with Gasteiger partial charge in [0.1, 0.15) is 23.1 Å². The topological polar surface area (TPSA) is 38.9 Å². The Bertz CT molecular complexity index is 1620. The molecule has 0 amide bonds. The Morgan fingerprint density at radius 2 is 1.48 bits per heavy atom. The van der Waals surface area contributed by atoms with E-state index in [9.17, 15) is 0 Å². The van der Waals surface area contributed by atoms with Crippen LogP contribution in [0.1, 0.15) is 26.3 Å². The van der Waals surface area contributed by atoms with Crippen molar-refractivity contribution < 1.29 is 4.42 Å². The molecule has 0 bridgehead atoms. The molecule has 6 rings (SSSR count). The fourth-order valence-corrected chi connectivity index (χ4v) is 4.60. The third kappa shape index (κ3) is 2.73. The molecule has 4 aromatic carbocycles. The average molecular weight is 402 g/mol. The van der Waals surface area contributed by atoms with E-state index in [-0.39, 0.29) is 5.41 Å². The summed E-state index contributed by atoms with van der Waals surface area (Å²) in [6.45, 7) is 6.72. The van der Waals surface area contributed by atoms with E-state index in [2.05, 4.69) is 104 Å². The second-order valence-electron chi connectivity index (χ2n) is 9.16. The number of rotatable bonds is 1. The van der Waals surface area contributed by atoms with E-state index in [0.29, 0.717) is 0 Å². The number of fused-ring (bicyclic) bond motifs is 6. The van der Waals surface area contributed by atoms with Crippen LogP contribution in [0, 0.1) is 0 Å². The largest absolute Gasteiger partial charge is 0.452 e. The van der Waals surface area contributed by atoms with Gasteiger partial charge in [-0.05, 0) is 44.7 Å². The molecule has 0 saturated carbocycles. The van der Waals surface area contributed by atoms with Crippen LogP contribution in [0.5, 0.6) is 0 Å². The predicted molar refractivity (Wildman–Crippen MR) is 128 cm³/mol. The molecule has 2 aromatic heterocycles. The van der Waals surface area contributed by atoms with Gasteiger partial charge in [0.05, 0.1) is 5.39 Å². The molecule has 2 heterocycles. The van der Waals surface area contributed by atoms with Gasteiger partial charge < -0.3 is 4.42 Å². The van der Waals surface area contributed by atoms with Crippen molar-refractivity contribution in [2.45, 2.75) is 26.2 Å². The van der Waals surface area contributed by atoms with Gasteiger partial charge in [-0.1, -0.05) is 81.4 Å². The first-order chi connectivity index (χ1) is 15.0. The highest BCUT2D eigenvalue weighted by molar-refractivity contribution is 6.19. The first-order valence-electron chi connectivity index (χ1n) is 10.6. The second-order valence-corrected chi connectivity index (χ2v) is 9.16. The molecule has 0 spiro atoms. The Labute approximate surface area is 180 Å². The zero-order valence-corrected chi connectivity index (χ0v) is 17.8. The standard InChI is InChI=1S/C28H22N2O/c1-28(2,3)22-15-23-24(21-11-7-6-10-20(21)22)26-27(31-23)25(29-16-30-26)19-13-12-17-8-4-5-9-18(17)14-19/h4-16H,1-3H3. The lowest BCUT2D eigenvalue weighted by Gasteiger charge is -2.21. The van der Waals surface area contributed by atoms with Crippen molar-refractivity contribution in [1.29, 1.82) is 0 Å². The van der Waals surface area contributed by atoms with Crippen molar-refractivity contribution in [1.82, 2.24) is 9.97 Å². The fourth-order valence-electron chi connectivity index (χ4n) is 4.60. The van der Waals surface area contributed by atoms with E-state index < -0.39 is 0 Å². The van der Waals surface area contributed by atoms with Gasteiger partial charge in [-0.15, -0.1) is 0 Å². The van der Waals surface area contributed by atoms with Gasteiger partial charge in [-0.2, -0.15) is 0 Å². The molecule has 0 N–H and O–H groups in total. The number of benzene rings is 4. The minimum atomic E-state index is -0.000375. The molecule has 0 unspecified atom stereocenters.